The summed E-state index contributed by atoms with van der Waals surface area (Å²) in [6, 6.07) is 3.85. The quantitative estimate of drug-likeness (QED) is 0.909. The molecule has 2 aliphatic rings. The average Bonchev–Trinajstić information content (AvgIpc) is 2.55. The second-order valence-corrected chi connectivity index (χ2v) is 8.44. The van der Waals surface area contributed by atoms with E-state index >= 15 is 0 Å². The fraction of sp³-hybridized carbons (Fsp3) is 0.571. The Labute approximate surface area is 116 Å². The molecule has 6 heteroatoms. The molecule has 2 aliphatic heterocycles. The van der Waals surface area contributed by atoms with Gasteiger partial charge >= 0.3 is 0 Å². The van der Waals surface area contributed by atoms with Crippen LogP contribution in [0.2, 0.25) is 0 Å². The van der Waals surface area contributed by atoms with E-state index in [2.05, 4.69) is 0 Å². The third-order valence-corrected chi connectivity index (χ3v) is 7.17. The monoisotopic (exact) mass is 302 g/mol. The number of hydrogen-bond donors (Lipinski definition) is 1. The fourth-order valence-electron chi connectivity index (χ4n) is 3.52. The molecule has 0 radical (unpaired) electrons. The Morgan fingerprint density at radius 3 is 2.40 bits per heavy atom. The van der Waals surface area contributed by atoms with Gasteiger partial charge in [-0.3, -0.25) is 0 Å². The topological polar surface area (TPSA) is 54.4 Å². The molecule has 1 aromatic carbocycles. The predicted octanol–water partition coefficient (Wildman–Crippen LogP) is 1.98. The first-order chi connectivity index (χ1) is 9.32. The number of halogens is 2. The Kier molecular flexibility index (Phi) is 3.14. The van der Waals surface area contributed by atoms with Crippen molar-refractivity contribution < 1.29 is 22.3 Å². The van der Waals surface area contributed by atoms with Crippen molar-refractivity contribution >= 4 is 9.84 Å². The zero-order valence-electron chi connectivity index (χ0n) is 10.9. The van der Waals surface area contributed by atoms with E-state index in [1.807, 2.05) is 0 Å². The van der Waals surface area contributed by atoms with Crippen LogP contribution in [0.3, 0.4) is 0 Å². The molecule has 2 unspecified atom stereocenters. The van der Waals surface area contributed by atoms with Crippen LogP contribution in [-0.4, -0.2) is 29.6 Å². The highest BCUT2D eigenvalue weighted by Gasteiger charge is 2.52. The van der Waals surface area contributed by atoms with Crippen molar-refractivity contribution in [3.63, 3.8) is 0 Å². The zero-order valence-corrected chi connectivity index (χ0v) is 11.7. The van der Waals surface area contributed by atoms with Crippen molar-refractivity contribution in [2.45, 2.75) is 48.2 Å². The van der Waals surface area contributed by atoms with E-state index in [4.69, 9.17) is 0 Å². The number of fused-ring (bicyclic) bond motifs is 2. The molecule has 0 saturated carbocycles. The molecule has 0 amide bonds. The summed E-state index contributed by atoms with van der Waals surface area (Å²) >= 11 is 0. The lowest BCUT2D eigenvalue weighted by atomic mass is 9.86. The Hall–Kier alpha value is -1.01. The van der Waals surface area contributed by atoms with E-state index in [1.165, 1.54) is 12.1 Å². The molecule has 3 nitrogen and oxygen atoms in total. The molecule has 2 atom stereocenters. The average molecular weight is 302 g/mol. The standard InChI is InChI=1S/C14H16F2O3S/c15-12-3-1-2-9(13(12)16)6-14(17)7-10-4-5-11(8-14)20(10,18)19/h1-3,10-11,17H,4-8H2. The van der Waals surface area contributed by atoms with Gasteiger partial charge in [-0.1, -0.05) is 12.1 Å². The molecule has 110 valence electrons. The summed E-state index contributed by atoms with van der Waals surface area (Å²) in [6.45, 7) is 0. The number of hydrogen-bond acceptors (Lipinski definition) is 3. The highest BCUT2D eigenvalue weighted by molar-refractivity contribution is 7.93. The molecule has 0 aromatic heterocycles. The predicted molar refractivity (Wildman–Crippen MR) is 70.0 cm³/mol. The van der Waals surface area contributed by atoms with Crippen LogP contribution in [0.5, 0.6) is 0 Å². The molecule has 20 heavy (non-hydrogen) atoms. The smallest absolute Gasteiger partial charge is 0.162 e. The summed E-state index contributed by atoms with van der Waals surface area (Å²) in [5, 5.41) is 9.52. The molecule has 2 fully saturated rings. The van der Waals surface area contributed by atoms with E-state index in [0.29, 0.717) is 12.8 Å². The first kappa shape index (κ1) is 13.9. The SMILES string of the molecule is O=S1(=O)C2CCC1CC(O)(Cc1cccc(F)c1F)C2. The van der Waals surface area contributed by atoms with Crippen LogP contribution in [-0.2, 0) is 16.3 Å². The van der Waals surface area contributed by atoms with Gasteiger partial charge in [0.1, 0.15) is 0 Å². The maximum Gasteiger partial charge on any atom is 0.162 e. The van der Waals surface area contributed by atoms with Gasteiger partial charge in [-0.25, -0.2) is 17.2 Å². The largest absolute Gasteiger partial charge is 0.389 e. The minimum absolute atomic E-state index is 0.0425. The van der Waals surface area contributed by atoms with Crippen LogP contribution in [0.4, 0.5) is 8.78 Å². The Balaban J connectivity index is 1.87. The number of benzene rings is 1. The molecule has 1 N–H and O–H groups in total. The molecular weight excluding hydrogens is 286 g/mol. The van der Waals surface area contributed by atoms with Crippen molar-refractivity contribution in [3.05, 3.63) is 35.4 Å². The van der Waals surface area contributed by atoms with Crippen molar-refractivity contribution in [3.8, 4) is 0 Å². The number of aliphatic hydroxyl groups is 1. The van der Waals surface area contributed by atoms with E-state index in [0.717, 1.165) is 6.07 Å². The van der Waals surface area contributed by atoms with Crippen molar-refractivity contribution in [2.24, 2.45) is 0 Å². The number of rotatable bonds is 2. The molecule has 2 saturated heterocycles. The van der Waals surface area contributed by atoms with Crippen molar-refractivity contribution in [1.29, 1.82) is 0 Å². The summed E-state index contributed by atoms with van der Waals surface area (Å²) in [5.41, 5.74) is -1.16. The first-order valence-corrected chi connectivity index (χ1v) is 8.31. The lowest BCUT2D eigenvalue weighted by molar-refractivity contribution is 0.0210. The molecule has 0 spiro atoms. The summed E-state index contributed by atoms with van der Waals surface area (Å²) in [6.07, 6.45) is 1.30. The van der Waals surface area contributed by atoms with Crippen LogP contribution in [0.1, 0.15) is 31.2 Å². The summed E-state index contributed by atoms with van der Waals surface area (Å²) < 4.78 is 50.9. The van der Waals surface area contributed by atoms with Gasteiger partial charge < -0.3 is 5.11 Å². The molecular formula is C14H16F2O3S. The van der Waals surface area contributed by atoms with Crippen LogP contribution in [0.15, 0.2) is 18.2 Å². The lowest BCUT2D eigenvalue weighted by Gasteiger charge is -2.36. The van der Waals surface area contributed by atoms with Crippen LogP contribution in [0, 0.1) is 11.6 Å². The van der Waals surface area contributed by atoms with Crippen molar-refractivity contribution in [2.75, 3.05) is 0 Å². The Morgan fingerprint density at radius 2 is 1.80 bits per heavy atom. The number of sulfone groups is 1. The second-order valence-electron chi connectivity index (χ2n) is 5.93. The van der Waals surface area contributed by atoms with E-state index in [1.54, 1.807) is 0 Å². The fourth-order valence-corrected chi connectivity index (χ4v) is 6.08. The highest BCUT2D eigenvalue weighted by atomic mass is 32.2. The minimum atomic E-state index is -3.14. The molecule has 2 heterocycles. The molecule has 2 bridgehead atoms. The molecule has 0 aliphatic carbocycles. The van der Waals surface area contributed by atoms with Crippen LogP contribution < -0.4 is 0 Å². The normalized spacial score (nSPS) is 35.1. The van der Waals surface area contributed by atoms with Gasteiger partial charge in [0.25, 0.3) is 0 Å². The van der Waals surface area contributed by atoms with Crippen molar-refractivity contribution in [1.82, 2.24) is 0 Å². The lowest BCUT2D eigenvalue weighted by Crippen LogP contribution is -2.46. The summed E-state index contributed by atoms with van der Waals surface area (Å²) in [4.78, 5) is 0. The third-order valence-electron chi connectivity index (χ3n) is 4.51. The van der Waals surface area contributed by atoms with Gasteiger partial charge in [0.05, 0.1) is 16.1 Å². The maximum atomic E-state index is 13.7. The Bertz CT molecular complexity index is 622. The van der Waals surface area contributed by atoms with Gasteiger partial charge in [0.2, 0.25) is 0 Å². The van der Waals surface area contributed by atoms with E-state index in [9.17, 15) is 22.3 Å². The van der Waals surface area contributed by atoms with E-state index < -0.39 is 37.6 Å². The van der Waals surface area contributed by atoms with Gasteiger partial charge in [0, 0.05) is 6.42 Å². The van der Waals surface area contributed by atoms with Crippen LogP contribution in [0.25, 0.3) is 0 Å². The highest BCUT2D eigenvalue weighted by Crippen LogP contribution is 2.44. The van der Waals surface area contributed by atoms with Gasteiger partial charge in [-0.15, -0.1) is 0 Å². The zero-order chi connectivity index (χ0) is 14.5. The molecule has 3 rings (SSSR count). The minimum Gasteiger partial charge on any atom is -0.389 e. The molecule has 1 aromatic rings. The maximum absolute atomic E-state index is 13.7. The second kappa shape index (κ2) is 4.49. The van der Waals surface area contributed by atoms with Gasteiger partial charge in [-0.05, 0) is 37.3 Å². The third kappa shape index (κ3) is 2.15. The van der Waals surface area contributed by atoms with Gasteiger partial charge in [0.15, 0.2) is 21.5 Å². The first-order valence-electron chi connectivity index (χ1n) is 6.70. The van der Waals surface area contributed by atoms with Gasteiger partial charge in [-0.2, -0.15) is 0 Å². The summed E-state index contributed by atoms with van der Waals surface area (Å²) in [5.74, 6) is -1.90. The van der Waals surface area contributed by atoms with Crippen LogP contribution >= 0.6 is 0 Å². The summed E-state index contributed by atoms with van der Waals surface area (Å²) in [7, 11) is -3.14. The Morgan fingerprint density at radius 1 is 1.20 bits per heavy atom. The van der Waals surface area contributed by atoms with E-state index in [-0.39, 0.29) is 24.8 Å².